The molecule has 20 heteroatoms. The third kappa shape index (κ3) is 7.02. The van der Waals surface area contributed by atoms with Gasteiger partial charge in [0.05, 0.1) is 36.4 Å². The molecule has 0 aliphatic heterocycles. The van der Waals surface area contributed by atoms with Crippen LogP contribution in [0.3, 0.4) is 0 Å². The van der Waals surface area contributed by atoms with E-state index in [9.17, 15) is 39.6 Å². The number of carbonyl (C=O) groups excluding carboxylic acids is 1. The van der Waals surface area contributed by atoms with Gasteiger partial charge in [0.1, 0.15) is 8.55 Å². The predicted molar refractivity (Wildman–Crippen MR) is 140 cm³/mol. The summed E-state index contributed by atoms with van der Waals surface area (Å²) in [5, 5.41) is 24.0. The summed E-state index contributed by atoms with van der Waals surface area (Å²) in [6.45, 7) is -1.75. The maximum absolute atomic E-state index is 13.8. The van der Waals surface area contributed by atoms with Crippen LogP contribution < -0.4 is 10.1 Å². The van der Waals surface area contributed by atoms with E-state index in [0.717, 1.165) is 28.7 Å². The Kier molecular flexibility index (Phi) is 9.24. The van der Waals surface area contributed by atoms with Crippen molar-refractivity contribution in [3.63, 3.8) is 0 Å². The number of hydrogen-bond donors (Lipinski definition) is 3. The van der Waals surface area contributed by atoms with Crippen LogP contribution in [-0.4, -0.2) is 69.9 Å². The van der Waals surface area contributed by atoms with Crippen molar-refractivity contribution in [1.29, 1.82) is 0 Å². The van der Waals surface area contributed by atoms with Crippen LogP contribution in [-0.2, 0) is 22.4 Å². The van der Waals surface area contributed by atoms with Crippen molar-refractivity contribution in [2.24, 2.45) is 0 Å². The molecule has 0 atom stereocenters. The summed E-state index contributed by atoms with van der Waals surface area (Å²) in [5.41, 5.74) is -3.75. The molecule has 3 N–H and O–H groups in total. The number of carbonyl (C=O) groups is 1. The van der Waals surface area contributed by atoms with Gasteiger partial charge in [-0.1, -0.05) is 23.7 Å². The van der Waals surface area contributed by atoms with Gasteiger partial charge < -0.3 is 14.9 Å². The highest BCUT2D eigenvalue weighted by Gasteiger charge is 2.36. The van der Waals surface area contributed by atoms with Crippen molar-refractivity contribution in [2.45, 2.75) is 16.6 Å². The lowest BCUT2D eigenvalue weighted by Gasteiger charge is -2.18. The molecule has 3 heterocycles. The Morgan fingerprint density at radius 1 is 1.05 bits per heavy atom. The molecule has 1 aromatic carbocycles. The Morgan fingerprint density at radius 3 is 2.23 bits per heavy atom. The maximum Gasteiger partial charge on any atom is 0.433 e. The largest absolute Gasteiger partial charge is 0.433 e. The highest BCUT2D eigenvalue weighted by atomic mass is 35.5. The second kappa shape index (κ2) is 12.2. The van der Waals surface area contributed by atoms with Crippen LogP contribution in [0.2, 0.25) is 4.34 Å². The standard InChI is InChI=1S/C23H18ClF6N5O6S2/c24-19-15(10-18(42-19)43(39,40)34(5-7-36)6-8-37)33-21(38)41-16-11-31-35-17(23(28,29)30)9-14(32-20(16)35)12-1-3-13(4-2-12)22(25,26)27/h1-4,9-11,36-37H,5-8H2,(H,33,38). The van der Waals surface area contributed by atoms with E-state index in [1.807, 2.05) is 0 Å². The number of aromatic nitrogens is 3. The average molecular weight is 674 g/mol. The second-order valence-corrected chi connectivity index (χ2v) is 12.3. The van der Waals surface area contributed by atoms with Gasteiger partial charge >= 0.3 is 18.4 Å². The Hall–Kier alpha value is -3.49. The van der Waals surface area contributed by atoms with Crippen LogP contribution in [0.25, 0.3) is 16.9 Å². The Labute approximate surface area is 246 Å². The van der Waals surface area contributed by atoms with E-state index in [4.69, 9.17) is 26.6 Å². The minimum atomic E-state index is -5.00. The van der Waals surface area contributed by atoms with Crippen molar-refractivity contribution in [3.8, 4) is 17.0 Å². The molecule has 0 fully saturated rings. The third-order valence-corrected chi connectivity index (χ3v) is 9.34. The number of hydrogen-bond acceptors (Lipinski definition) is 9. The molecule has 0 aliphatic rings. The molecule has 0 aliphatic carbocycles. The Morgan fingerprint density at radius 2 is 1.67 bits per heavy atom. The summed E-state index contributed by atoms with van der Waals surface area (Å²) in [7, 11) is -4.24. The number of aliphatic hydroxyl groups excluding tert-OH is 2. The molecule has 0 saturated carbocycles. The molecule has 0 saturated heterocycles. The zero-order chi connectivity index (χ0) is 31.7. The first kappa shape index (κ1) is 32.4. The number of nitrogens with one attached hydrogen (secondary N) is 1. The molecule has 0 spiro atoms. The van der Waals surface area contributed by atoms with Crippen molar-refractivity contribution in [2.75, 3.05) is 31.6 Å². The van der Waals surface area contributed by atoms with Crippen LogP contribution in [0.4, 0.5) is 36.8 Å². The second-order valence-electron chi connectivity index (χ2n) is 8.46. The van der Waals surface area contributed by atoms with Crippen molar-refractivity contribution in [1.82, 2.24) is 18.9 Å². The van der Waals surface area contributed by atoms with Crippen molar-refractivity contribution >= 4 is 50.4 Å². The van der Waals surface area contributed by atoms with E-state index in [1.165, 1.54) is 0 Å². The van der Waals surface area contributed by atoms with Gasteiger partial charge in [-0.25, -0.2) is 22.7 Å². The molecule has 0 bridgehead atoms. The van der Waals surface area contributed by atoms with E-state index < -0.39 is 70.0 Å². The van der Waals surface area contributed by atoms with Crippen molar-refractivity contribution in [3.05, 3.63) is 58.2 Å². The SMILES string of the molecule is O=C(Nc1cc(S(=O)(=O)N(CCO)CCO)sc1Cl)Oc1cnn2c(C(F)(F)F)cc(-c3ccc(C(F)(F)F)cc3)nc12. The minimum Gasteiger partial charge on any atom is -0.404 e. The van der Waals surface area contributed by atoms with Gasteiger partial charge in [-0.2, -0.15) is 35.7 Å². The zero-order valence-corrected chi connectivity index (χ0v) is 23.5. The fraction of sp³-hybridized carbons (Fsp3) is 0.261. The van der Waals surface area contributed by atoms with Gasteiger partial charge in [0.15, 0.2) is 17.1 Å². The molecule has 0 unspecified atom stereocenters. The quantitative estimate of drug-likeness (QED) is 0.216. The summed E-state index contributed by atoms with van der Waals surface area (Å²) in [6.07, 6.45) is -10.3. The molecule has 43 heavy (non-hydrogen) atoms. The number of halogens is 7. The molecular weight excluding hydrogens is 656 g/mol. The number of aliphatic hydroxyl groups is 2. The molecule has 232 valence electrons. The summed E-state index contributed by atoms with van der Waals surface area (Å²) < 4.78 is 112. The molecule has 3 aromatic heterocycles. The van der Waals surface area contributed by atoms with Gasteiger partial charge in [0.2, 0.25) is 0 Å². The van der Waals surface area contributed by atoms with Gasteiger partial charge in [-0.3, -0.25) is 5.32 Å². The van der Waals surface area contributed by atoms with E-state index in [-0.39, 0.29) is 32.9 Å². The van der Waals surface area contributed by atoms with E-state index in [1.54, 1.807) is 0 Å². The number of alkyl halides is 6. The zero-order valence-electron chi connectivity index (χ0n) is 21.1. The average Bonchev–Trinajstić information content (AvgIpc) is 3.50. The third-order valence-electron chi connectivity index (χ3n) is 5.63. The number of ether oxygens (including phenoxy) is 1. The lowest BCUT2D eigenvalue weighted by atomic mass is 10.1. The normalized spacial score (nSPS) is 12.7. The number of benzene rings is 1. The van der Waals surface area contributed by atoms with Crippen LogP contribution in [0.5, 0.6) is 5.75 Å². The fourth-order valence-electron chi connectivity index (χ4n) is 3.69. The van der Waals surface area contributed by atoms with E-state index in [2.05, 4.69) is 15.4 Å². The summed E-state index contributed by atoms with van der Waals surface area (Å²) in [6, 6.07) is 4.74. The van der Waals surface area contributed by atoms with Gasteiger partial charge in [-0.05, 0) is 24.3 Å². The molecule has 1 amide bonds. The Bertz CT molecular complexity index is 1740. The number of rotatable bonds is 9. The molecule has 11 nitrogen and oxygen atoms in total. The highest BCUT2D eigenvalue weighted by Crippen LogP contribution is 2.38. The highest BCUT2D eigenvalue weighted by molar-refractivity contribution is 7.91. The lowest BCUT2D eigenvalue weighted by molar-refractivity contribution is -0.142. The van der Waals surface area contributed by atoms with Crippen LogP contribution in [0.1, 0.15) is 11.3 Å². The molecule has 4 aromatic rings. The first-order chi connectivity index (χ1) is 20.1. The first-order valence-electron chi connectivity index (χ1n) is 11.7. The summed E-state index contributed by atoms with van der Waals surface area (Å²) in [5.74, 6) is -0.576. The van der Waals surface area contributed by atoms with Crippen molar-refractivity contribution < 1.29 is 54.5 Å². The Balaban J connectivity index is 1.64. The van der Waals surface area contributed by atoms with Crippen LogP contribution in [0, 0.1) is 0 Å². The lowest BCUT2D eigenvalue weighted by Crippen LogP contribution is -2.35. The summed E-state index contributed by atoms with van der Waals surface area (Å²) >= 11 is 6.61. The van der Waals surface area contributed by atoms with E-state index in [0.29, 0.717) is 34.1 Å². The van der Waals surface area contributed by atoms with Crippen LogP contribution in [0.15, 0.2) is 46.8 Å². The minimum absolute atomic E-state index is 0.104. The number of nitrogens with zero attached hydrogens (tertiary/aromatic N) is 4. The fourth-order valence-corrected chi connectivity index (χ4v) is 6.91. The first-order valence-corrected chi connectivity index (χ1v) is 14.3. The number of anilines is 1. The maximum atomic E-state index is 13.8. The molecule has 4 rings (SSSR count). The number of sulfonamides is 1. The van der Waals surface area contributed by atoms with E-state index >= 15 is 0 Å². The van der Waals surface area contributed by atoms with Gasteiger partial charge in [-0.15, -0.1) is 11.3 Å². The predicted octanol–water partition coefficient (Wildman–Crippen LogP) is 4.74. The van der Waals surface area contributed by atoms with Gasteiger partial charge in [0.25, 0.3) is 10.0 Å². The van der Waals surface area contributed by atoms with Gasteiger partial charge in [0, 0.05) is 18.7 Å². The number of fused-ring (bicyclic) bond motifs is 1. The smallest absolute Gasteiger partial charge is 0.404 e. The molecule has 0 radical (unpaired) electrons. The van der Waals surface area contributed by atoms with Crippen LogP contribution >= 0.6 is 22.9 Å². The number of amides is 1. The topological polar surface area (TPSA) is 146 Å². The monoisotopic (exact) mass is 673 g/mol. The number of thiophene rings is 1. The molecular formula is C23H18ClF6N5O6S2. The summed E-state index contributed by atoms with van der Waals surface area (Å²) in [4.78, 5) is 16.6.